The Labute approximate surface area is 174 Å². The molecular weight excluding hydrogens is 364 g/mol. The van der Waals surface area contributed by atoms with Gasteiger partial charge in [0.25, 0.3) is 0 Å². The number of nitrogens with zero attached hydrogens (tertiary/aromatic N) is 1. The maximum atomic E-state index is 13.2. The number of carbonyl (C=O) groups excluding carboxylic acids is 2. The highest BCUT2D eigenvalue weighted by atomic mass is 16.5. The number of hydrogen-bond acceptors (Lipinski definition) is 3. The Morgan fingerprint density at radius 2 is 1.72 bits per heavy atom. The average Bonchev–Trinajstić information content (AvgIpc) is 2.65. The molecule has 2 aromatic carbocycles. The van der Waals surface area contributed by atoms with Crippen molar-refractivity contribution in [1.82, 2.24) is 10.2 Å². The summed E-state index contributed by atoms with van der Waals surface area (Å²) in [6.45, 7) is 9.98. The Kier molecular flexibility index (Phi) is 7.43. The van der Waals surface area contributed by atoms with E-state index in [9.17, 15) is 9.59 Å². The molecule has 0 saturated carbocycles. The SMILES string of the molecule is COc1ccc(CC(=O)N(Cc2cccc(C)c2)C(C)C(=O)NC(C)(C)C)cc1. The summed E-state index contributed by atoms with van der Waals surface area (Å²) in [5.74, 6) is 0.497. The van der Waals surface area contributed by atoms with Gasteiger partial charge in [-0.1, -0.05) is 42.0 Å². The fourth-order valence-electron chi connectivity index (χ4n) is 3.08. The van der Waals surface area contributed by atoms with Gasteiger partial charge in [0.15, 0.2) is 0 Å². The molecule has 0 aliphatic heterocycles. The minimum absolute atomic E-state index is 0.0896. The summed E-state index contributed by atoms with van der Waals surface area (Å²) >= 11 is 0. The van der Waals surface area contributed by atoms with E-state index in [1.165, 1.54) is 0 Å². The first-order valence-corrected chi connectivity index (χ1v) is 9.89. The van der Waals surface area contributed by atoms with Crippen molar-refractivity contribution in [3.63, 3.8) is 0 Å². The van der Waals surface area contributed by atoms with Gasteiger partial charge < -0.3 is 15.0 Å². The van der Waals surface area contributed by atoms with E-state index in [0.29, 0.717) is 6.54 Å². The van der Waals surface area contributed by atoms with Crippen LogP contribution in [0.4, 0.5) is 0 Å². The average molecular weight is 397 g/mol. The molecule has 0 saturated heterocycles. The Balaban J connectivity index is 2.24. The highest BCUT2D eigenvalue weighted by Gasteiger charge is 2.28. The van der Waals surface area contributed by atoms with Crippen molar-refractivity contribution in [3.8, 4) is 5.75 Å². The van der Waals surface area contributed by atoms with E-state index in [1.807, 2.05) is 76.2 Å². The van der Waals surface area contributed by atoms with Crippen molar-refractivity contribution in [2.45, 2.75) is 59.2 Å². The Hall–Kier alpha value is -2.82. The molecule has 2 amide bonds. The predicted molar refractivity (Wildman–Crippen MR) is 116 cm³/mol. The van der Waals surface area contributed by atoms with E-state index in [2.05, 4.69) is 5.32 Å². The zero-order chi connectivity index (χ0) is 21.6. The smallest absolute Gasteiger partial charge is 0.242 e. The number of aryl methyl sites for hydroxylation is 1. The summed E-state index contributed by atoms with van der Waals surface area (Å²) in [4.78, 5) is 27.6. The topological polar surface area (TPSA) is 58.6 Å². The molecule has 1 N–H and O–H groups in total. The van der Waals surface area contributed by atoms with Crippen molar-refractivity contribution in [2.24, 2.45) is 0 Å². The van der Waals surface area contributed by atoms with E-state index in [0.717, 1.165) is 22.4 Å². The first-order chi connectivity index (χ1) is 13.6. The van der Waals surface area contributed by atoms with Crippen LogP contribution in [0.25, 0.3) is 0 Å². The second-order valence-corrected chi connectivity index (χ2v) is 8.45. The van der Waals surface area contributed by atoms with Crippen molar-refractivity contribution in [1.29, 1.82) is 0 Å². The van der Waals surface area contributed by atoms with E-state index in [4.69, 9.17) is 4.74 Å². The standard InChI is InChI=1S/C24H32N2O3/c1-17-8-7-9-20(14-17)16-26(18(2)23(28)25-24(3,4)5)22(27)15-19-10-12-21(29-6)13-11-19/h7-14,18H,15-16H2,1-6H3,(H,25,28). The van der Waals surface area contributed by atoms with Crippen LogP contribution in [0.5, 0.6) is 5.75 Å². The molecule has 2 rings (SSSR count). The molecule has 0 heterocycles. The van der Waals surface area contributed by atoms with E-state index in [1.54, 1.807) is 18.9 Å². The molecule has 0 aliphatic carbocycles. The van der Waals surface area contributed by atoms with Gasteiger partial charge in [-0.25, -0.2) is 0 Å². The second kappa shape index (κ2) is 9.59. The van der Waals surface area contributed by atoms with Crippen LogP contribution in [0.3, 0.4) is 0 Å². The molecule has 5 heteroatoms. The largest absolute Gasteiger partial charge is 0.497 e. The minimum Gasteiger partial charge on any atom is -0.497 e. The molecule has 0 spiro atoms. The number of nitrogens with one attached hydrogen (secondary N) is 1. The number of rotatable bonds is 7. The van der Waals surface area contributed by atoms with Gasteiger partial charge in [-0.3, -0.25) is 9.59 Å². The van der Waals surface area contributed by atoms with Crippen LogP contribution in [-0.4, -0.2) is 35.4 Å². The molecule has 1 atom stereocenters. The minimum atomic E-state index is -0.583. The molecule has 0 aromatic heterocycles. The molecule has 5 nitrogen and oxygen atoms in total. The molecule has 2 aromatic rings. The molecule has 29 heavy (non-hydrogen) atoms. The quantitative estimate of drug-likeness (QED) is 0.773. The third-order valence-corrected chi connectivity index (χ3v) is 4.62. The first kappa shape index (κ1) is 22.5. The lowest BCUT2D eigenvalue weighted by molar-refractivity contribution is -0.140. The van der Waals surface area contributed by atoms with Crippen molar-refractivity contribution in [3.05, 3.63) is 65.2 Å². The summed E-state index contributed by atoms with van der Waals surface area (Å²) in [6, 6.07) is 14.9. The van der Waals surface area contributed by atoms with Crippen molar-refractivity contribution < 1.29 is 14.3 Å². The summed E-state index contributed by atoms with van der Waals surface area (Å²) < 4.78 is 5.18. The van der Waals surface area contributed by atoms with E-state index < -0.39 is 6.04 Å². The van der Waals surface area contributed by atoms with Crippen molar-refractivity contribution >= 4 is 11.8 Å². The Morgan fingerprint density at radius 3 is 2.28 bits per heavy atom. The summed E-state index contributed by atoms with van der Waals surface area (Å²) in [5.41, 5.74) is 2.65. The van der Waals surface area contributed by atoms with Crippen LogP contribution >= 0.6 is 0 Å². The lowest BCUT2D eigenvalue weighted by atomic mass is 10.1. The molecule has 0 fully saturated rings. The van der Waals surface area contributed by atoms with Gasteiger partial charge in [0.2, 0.25) is 11.8 Å². The molecule has 156 valence electrons. The number of amides is 2. The summed E-state index contributed by atoms with van der Waals surface area (Å²) in [6.07, 6.45) is 0.225. The molecule has 1 unspecified atom stereocenters. The van der Waals surface area contributed by atoms with E-state index >= 15 is 0 Å². The molecule has 0 aliphatic rings. The predicted octanol–water partition coefficient (Wildman–Crippen LogP) is 3.88. The zero-order valence-electron chi connectivity index (χ0n) is 18.3. The normalized spacial score (nSPS) is 12.2. The number of benzene rings is 2. The Morgan fingerprint density at radius 1 is 1.07 bits per heavy atom. The molecule has 0 radical (unpaired) electrons. The number of hydrogen-bond donors (Lipinski definition) is 1. The van der Waals surface area contributed by atoms with E-state index in [-0.39, 0.29) is 23.8 Å². The van der Waals surface area contributed by atoms with Gasteiger partial charge in [-0.15, -0.1) is 0 Å². The van der Waals surface area contributed by atoms with Gasteiger partial charge in [0.05, 0.1) is 13.5 Å². The Bertz CT molecular complexity index is 838. The van der Waals surface area contributed by atoms with Gasteiger partial charge in [-0.2, -0.15) is 0 Å². The highest BCUT2D eigenvalue weighted by Crippen LogP contribution is 2.16. The number of carbonyl (C=O) groups is 2. The maximum Gasteiger partial charge on any atom is 0.242 e. The molecule has 0 bridgehead atoms. The number of methoxy groups -OCH3 is 1. The van der Waals surface area contributed by atoms with Crippen LogP contribution in [0.2, 0.25) is 0 Å². The van der Waals surface area contributed by atoms with Crippen molar-refractivity contribution in [2.75, 3.05) is 7.11 Å². The monoisotopic (exact) mass is 396 g/mol. The van der Waals surface area contributed by atoms with Gasteiger partial charge in [0, 0.05) is 12.1 Å². The third-order valence-electron chi connectivity index (χ3n) is 4.62. The van der Waals surface area contributed by atoms with Crippen LogP contribution in [0.1, 0.15) is 44.4 Å². The molecular formula is C24H32N2O3. The van der Waals surface area contributed by atoms with Gasteiger partial charge in [-0.05, 0) is 57.9 Å². The van der Waals surface area contributed by atoms with Crippen LogP contribution in [0.15, 0.2) is 48.5 Å². The van der Waals surface area contributed by atoms with Gasteiger partial charge in [0.1, 0.15) is 11.8 Å². The fraction of sp³-hybridized carbons (Fsp3) is 0.417. The van der Waals surface area contributed by atoms with Gasteiger partial charge >= 0.3 is 0 Å². The number of ether oxygens (including phenoxy) is 1. The highest BCUT2D eigenvalue weighted by molar-refractivity contribution is 5.88. The first-order valence-electron chi connectivity index (χ1n) is 9.89. The third kappa shape index (κ3) is 6.93. The lowest BCUT2D eigenvalue weighted by Crippen LogP contribution is -2.52. The van der Waals surface area contributed by atoms with Crippen LogP contribution < -0.4 is 10.1 Å². The fourth-order valence-corrected chi connectivity index (χ4v) is 3.08. The summed E-state index contributed by atoms with van der Waals surface area (Å²) in [7, 11) is 1.61. The van der Waals surface area contributed by atoms with Crippen LogP contribution in [-0.2, 0) is 22.6 Å². The zero-order valence-corrected chi connectivity index (χ0v) is 18.3. The lowest BCUT2D eigenvalue weighted by Gasteiger charge is -2.31. The maximum absolute atomic E-state index is 13.2. The van der Waals surface area contributed by atoms with Crippen LogP contribution in [0, 0.1) is 6.92 Å². The summed E-state index contributed by atoms with van der Waals surface area (Å²) in [5, 5.41) is 2.98. The second-order valence-electron chi connectivity index (χ2n) is 8.45.